The van der Waals surface area contributed by atoms with Crippen molar-refractivity contribution in [1.29, 1.82) is 0 Å². The second kappa shape index (κ2) is 6.75. The number of hydrogen-bond acceptors (Lipinski definition) is 0. The molecule has 0 amide bonds. The van der Waals surface area contributed by atoms with Gasteiger partial charge >= 0.3 is 0 Å². The van der Waals surface area contributed by atoms with E-state index < -0.39 is 24.9 Å². The van der Waals surface area contributed by atoms with Crippen molar-refractivity contribution in [2.24, 2.45) is 0 Å². The molecule has 0 unspecified atom stereocenters. The van der Waals surface area contributed by atoms with E-state index in [9.17, 15) is 0 Å². The van der Waals surface area contributed by atoms with E-state index in [1.807, 2.05) is 0 Å². The van der Waals surface area contributed by atoms with Crippen molar-refractivity contribution in [1.82, 2.24) is 0 Å². The molecule has 0 N–H and O–H groups in total. The van der Waals surface area contributed by atoms with Crippen LogP contribution in [0.1, 0.15) is 0 Å². The Balaban J connectivity index is 3.18. The van der Waals surface area contributed by atoms with E-state index in [1.165, 1.54) is 10.4 Å². The van der Waals surface area contributed by atoms with Gasteiger partial charge in [-0.2, -0.15) is 0 Å². The second-order valence-electron chi connectivity index (χ2n) is 7.42. The quantitative estimate of drug-likeness (QED) is 0.578. The molecule has 1 aromatic carbocycles. The molecule has 1 radical (unpaired) electrons. The van der Waals surface area contributed by atoms with Crippen molar-refractivity contribution < 1.29 is 0 Å². The Labute approximate surface area is 128 Å². The Morgan fingerprint density at radius 3 is 2.00 bits per heavy atom. The fourth-order valence-electron chi connectivity index (χ4n) is 1.77. The number of rotatable bonds is 3. The minimum Gasteiger partial charge on any atom is -0.127 e. The van der Waals surface area contributed by atoms with Crippen molar-refractivity contribution in [3.05, 3.63) is 41.2 Å². The van der Waals surface area contributed by atoms with E-state index in [1.54, 1.807) is 0 Å². The Kier molecular flexibility index (Phi) is 5.81. The van der Waals surface area contributed by atoms with Crippen LogP contribution in [0.25, 0.3) is 0 Å². The minimum atomic E-state index is -1.31. The van der Waals surface area contributed by atoms with Gasteiger partial charge in [0, 0.05) is 0 Å². The zero-order valence-electron chi connectivity index (χ0n) is 14.0. The third-order valence-electron chi connectivity index (χ3n) is 2.76. The molecular weight excluding hydrogens is 288 g/mol. The van der Waals surface area contributed by atoms with Crippen LogP contribution in [-0.2, 0) is 0 Å². The maximum absolute atomic E-state index is 3.57. The van der Waals surface area contributed by atoms with E-state index in [-0.39, 0.29) is 0 Å². The summed E-state index contributed by atoms with van der Waals surface area (Å²) in [6.07, 6.45) is 0. The lowest BCUT2D eigenvalue weighted by Gasteiger charge is -2.16. The van der Waals surface area contributed by atoms with Crippen LogP contribution in [0.15, 0.2) is 41.2 Å². The van der Waals surface area contributed by atoms with Gasteiger partial charge in [0.25, 0.3) is 0 Å². The lowest BCUT2D eigenvalue weighted by molar-refractivity contribution is 1.72. The van der Waals surface area contributed by atoms with Gasteiger partial charge in [0.05, 0.1) is 8.07 Å². The number of allylic oxidation sites excluding steroid dienone is 1. The van der Waals surface area contributed by atoms with Gasteiger partial charge in [-0.1, -0.05) is 93.0 Å². The summed E-state index contributed by atoms with van der Waals surface area (Å²) in [5, 5.41) is 2.88. The van der Waals surface area contributed by atoms with Crippen LogP contribution in [0.3, 0.4) is 0 Å². The Bertz CT molecular complexity index is 519. The fraction of sp³-hybridized carbons (Fsp3) is 0.412. The monoisotopic (exact) mass is 315 g/mol. The molecule has 0 saturated carbocycles. The zero-order chi connectivity index (χ0) is 15.4. The molecule has 1 rings (SSSR count). The van der Waals surface area contributed by atoms with Gasteiger partial charge in [-0.25, -0.2) is 0 Å². The van der Waals surface area contributed by atoms with E-state index in [0.717, 1.165) is 0 Å². The normalized spacial score (nSPS) is 13.1. The first-order chi connectivity index (χ1) is 9.08. The SMILES string of the molecule is C[Si](/C(C#C[Si](C)(C)C)=C/[Si](C)(C)C)c1ccccc1. The smallest absolute Gasteiger partial charge is 0.127 e. The molecule has 0 aromatic heterocycles. The van der Waals surface area contributed by atoms with E-state index in [0.29, 0.717) is 0 Å². The summed E-state index contributed by atoms with van der Waals surface area (Å²) in [6.45, 7) is 16.5. The van der Waals surface area contributed by atoms with Crippen LogP contribution in [0.2, 0.25) is 45.8 Å². The average molecular weight is 316 g/mol. The zero-order valence-corrected chi connectivity index (χ0v) is 17.0. The molecular formula is C17H27Si3. The average Bonchev–Trinajstić information content (AvgIpc) is 2.32. The molecule has 0 aliphatic carbocycles. The van der Waals surface area contributed by atoms with Crippen molar-refractivity contribution in [2.75, 3.05) is 0 Å². The first-order valence-corrected chi connectivity index (χ1v) is 16.3. The maximum atomic E-state index is 3.57. The van der Waals surface area contributed by atoms with Crippen LogP contribution in [0.5, 0.6) is 0 Å². The lowest BCUT2D eigenvalue weighted by atomic mass is 10.4. The van der Waals surface area contributed by atoms with Crippen molar-refractivity contribution in [3.8, 4) is 11.5 Å². The standard InChI is InChI=1S/C17H27Si3/c1-18(16-11-9-8-10-12-16)17(15-20(5,6)7)13-14-19(2,3)4/h8-12,15H,1-7H3/b17-15+. The molecule has 0 fully saturated rings. The lowest BCUT2D eigenvalue weighted by Crippen LogP contribution is -2.31. The highest BCUT2D eigenvalue weighted by atomic mass is 28.3. The van der Waals surface area contributed by atoms with Crippen LogP contribution >= 0.6 is 0 Å². The maximum Gasteiger partial charge on any atom is 0.129 e. The van der Waals surface area contributed by atoms with Crippen LogP contribution in [-0.4, -0.2) is 24.9 Å². The third-order valence-corrected chi connectivity index (χ3v) is 7.36. The van der Waals surface area contributed by atoms with Crippen LogP contribution in [0, 0.1) is 11.5 Å². The van der Waals surface area contributed by atoms with Crippen molar-refractivity contribution in [3.63, 3.8) is 0 Å². The van der Waals surface area contributed by atoms with Gasteiger partial charge in [0.1, 0.15) is 16.9 Å². The summed E-state index contributed by atoms with van der Waals surface area (Å²) < 4.78 is 0. The van der Waals surface area contributed by atoms with Gasteiger partial charge in [0.15, 0.2) is 0 Å². The molecule has 0 atom stereocenters. The highest BCUT2D eigenvalue weighted by molar-refractivity contribution is 6.87. The fourth-order valence-corrected chi connectivity index (χ4v) is 6.76. The molecule has 107 valence electrons. The Morgan fingerprint density at radius 1 is 1.00 bits per heavy atom. The summed E-state index contributed by atoms with van der Waals surface area (Å²) >= 11 is 0. The molecule has 20 heavy (non-hydrogen) atoms. The Hall–Kier alpha value is -0.829. The minimum absolute atomic E-state index is 0.716. The van der Waals surface area contributed by atoms with Gasteiger partial charge in [-0.3, -0.25) is 0 Å². The first kappa shape index (κ1) is 17.2. The summed E-state index contributed by atoms with van der Waals surface area (Å²) in [5.41, 5.74) is 6.08. The van der Waals surface area contributed by atoms with Crippen LogP contribution in [0.4, 0.5) is 0 Å². The van der Waals surface area contributed by atoms with E-state index >= 15 is 0 Å². The molecule has 0 aliphatic heterocycles. The Morgan fingerprint density at radius 2 is 1.55 bits per heavy atom. The van der Waals surface area contributed by atoms with Gasteiger partial charge in [-0.05, 0) is 5.20 Å². The van der Waals surface area contributed by atoms with Crippen molar-refractivity contribution >= 4 is 30.1 Å². The molecule has 0 aliphatic rings. The molecule has 0 nitrogen and oxygen atoms in total. The summed E-state index contributed by atoms with van der Waals surface area (Å²) in [5.74, 6) is 3.57. The van der Waals surface area contributed by atoms with E-state index in [2.05, 4.69) is 93.3 Å². The van der Waals surface area contributed by atoms with Crippen LogP contribution < -0.4 is 5.19 Å². The topological polar surface area (TPSA) is 0 Å². The summed E-state index contributed by atoms with van der Waals surface area (Å²) in [7, 11) is -3.26. The predicted molar refractivity (Wildman–Crippen MR) is 100 cm³/mol. The first-order valence-electron chi connectivity index (χ1n) is 7.24. The third kappa shape index (κ3) is 6.56. The molecule has 0 heterocycles. The molecule has 3 heteroatoms. The molecule has 0 spiro atoms. The van der Waals surface area contributed by atoms with Gasteiger partial charge in [0.2, 0.25) is 0 Å². The molecule has 0 saturated heterocycles. The number of hydrogen-bond donors (Lipinski definition) is 0. The summed E-state index contributed by atoms with van der Waals surface area (Å²) in [4.78, 5) is 0. The largest absolute Gasteiger partial charge is 0.129 e. The van der Waals surface area contributed by atoms with E-state index in [4.69, 9.17) is 0 Å². The van der Waals surface area contributed by atoms with Gasteiger partial charge < -0.3 is 0 Å². The summed E-state index contributed by atoms with van der Waals surface area (Å²) in [6, 6.07) is 10.9. The second-order valence-corrected chi connectivity index (χ2v) is 19.6. The van der Waals surface area contributed by atoms with Crippen molar-refractivity contribution in [2.45, 2.75) is 45.8 Å². The van der Waals surface area contributed by atoms with Gasteiger partial charge in [-0.15, -0.1) is 5.54 Å². The highest BCUT2D eigenvalue weighted by Gasteiger charge is 2.18. The molecule has 1 aromatic rings. The number of benzene rings is 1. The predicted octanol–water partition coefficient (Wildman–Crippen LogP) is 4.24. The highest BCUT2D eigenvalue weighted by Crippen LogP contribution is 2.11. The molecule has 0 bridgehead atoms.